The summed E-state index contributed by atoms with van der Waals surface area (Å²) in [6.45, 7) is 0. The van der Waals surface area contributed by atoms with Crippen LogP contribution in [-0.2, 0) is 0 Å². The fourth-order valence-electron chi connectivity index (χ4n) is 2.23. The number of anilines is 3. The molecule has 0 radical (unpaired) electrons. The van der Waals surface area contributed by atoms with E-state index in [1.807, 2.05) is 30.3 Å². The second kappa shape index (κ2) is 7.56. The highest BCUT2D eigenvalue weighted by molar-refractivity contribution is 5.87. The first-order valence-electron chi connectivity index (χ1n) is 7.64. The van der Waals surface area contributed by atoms with E-state index < -0.39 is 0 Å². The van der Waals surface area contributed by atoms with Gasteiger partial charge in [0.1, 0.15) is 6.07 Å². The zero-order valence-electron chi connectivity index (χ0n) is 13.6. The molecule has 3 N–H and O–H groups in total. The van der Waals surface area contributed by atoms with Gasteiger partial charge in [-0.1, -0.05) is 30.3 Å². The highest BCUT2D eigenvalue weighted by atomic mass is 15.2. The molecule has 26 heavy (non-hydrogen) atoms. The molecule has 1 aromatic heterocycles. The Morgan fingerprint density at radius 3 is 2.54 bits per heavy atom. The summed E-state index contributed by atoms with van der Waals surface area (Å²) >= 11 is 0. The van der Waals surface area contributed by atoms with Crippen molar-refractivity contribution in [1.29, 1.82) is 10.5 Å². The van der Waals surface area contributed by atoms with Gasteiger partial charge in [0, 0.05) is 5.69 Å². The number of hydrogen-bond donors (Lipinski definition) is 2. The van der Waals surface area contributed by atoms with Gasteiger partial charge in [-0.15, -0.1) is 0 Å². The van der Waals surface area contributed by atoms with Crippen molar-refractivity contribution < 1.29 is 0 Å². The van der Waals surface area contributed by atoms with E-state index in [1.165, 1.54) is 0 Å². The first-order valence-corrected chi connectivity index (χ1v) is 7.64. The van der Waals surface area contributed by atoms with E-state index in [-0.39, 0.29) is 23.3 Å². The van der Waals surface area contributed by atoms with Crippen molar-refractivity contribution in [1.82, 2.24) is 15.0 Å². The van der Waals surface area contributed by atoms with Crippen LogP contribution in [0.5, 0.6) is 0 Å². The number of allylic oxidation sites excluding steroid dienone is 1. The summed E-state index contributed by atoms with van der Waals surface area (Å²) in [5.74, 6) is 0.395. The fourth-order valence-corrected chi connectivity index (χ4v) is 2.23. The zero-order chi connectivity index (χ0) is 18.4. The van der Waals surface area contributed by atoms with Gasteiger partial charge in [0.15, 0.2) is 5.82 Å². The molecule has 0 amide bonds. The first kappa shape index (κ1) is 16.6. The number of aromatic nitrogens is 3. The van der Waals surface area contributed by atoms with Crippen LogP contribution in [0.4, 0.5) is 17.6 Å². The molecule has 0 saturated heterocycles. The number of nitrogen functional groups attached to an aromatic ring is 1. The van der Waals surface area contributed by atoms with Crippen molar-refractivity contribution in [2.45, 2.75) is 0 Å². The largest absolute Gasteiger partial charge is 0.368 e. The lowest BCUT2D eigenvalue weighted by atomic mass is 10.1. The number of nitriles is 2. The van der Waals surface area contributed by atoms with Gasteiger partial charge in [-0.2, -0.15) is 25.5 Å². The van der Waals surface area contributed by atoms with Crippen LogP contribution in [0.1, 0.15) is 17.0 Å². The van der Waals surface area contributed by atoms with Crippen LogP contribution in [0.25, 0.3) is 11.6 Å². The standard InChI is InChI=1S/C19H13N7/c20-11-14-6-4-5-13(9-14)10-15(12-21)17-24-18(22)26-19(25-17)23-16-7-2-1-3-8-16/h1-10H,(H3,22,23,24,25,26)/b15-10+. The molecular weight excluding hydrogens is 326 g/mol. The Hall–Kier alpha value is -4.23. The average Bonchev–Trinajstić information content (AvgIpc) is 2.66. The van der Waals surface area contributed by atoms with Crippen LogP contribution >= 0.6 is 0 Å². The lowest BCUT2D eigenvalue weighted by molar-refractivity contribution is 1.04. The van der Waals surface area contributed by atoms with Crippen molar-refractivity contribution in [3.63, 3.8) is 0 Å². The minimum Gasteiger partial charge on any atom is -0.368 e. The van der Waals surface area contributed by atoms with Crippen molar-refractivity contribution in [3.8, 4) is 12.1 Å². The summed E-state index contributed by atoms with van der Waals surface area (Å²) in [6.07, 6.45) is 1.60. The topological polar surface area (TPSA) is 124 Å². The third kappa shape index (κ3) is 3.99. The summed E-state index contributed by atoms with van der Waals surface area (Å²) < 4.78 is 0. The number of para-hydroxylation sites is 1. The summed E-state index contributed by atoms with van der Waals surface area (Å²) in [6, 6.07) is 20.4. The molecule has 2 aromatic carbocycles. The second-order valence-electron chi connectivity index (χ2n) is 5.24. The summed E-state index contributed by atoms with van der Waals surface area (Å²) in [5, 5.41) is 21.5. The van der Waals surface area contributed by atoms with E-state index in [2.05, 4.69) is 32.4 Å². The SMILES string of the molecule is N#C/C(=C\c1cccc(C#N)c1)c1nc(N)nc(Nc2ccccc2)n1. The Morgan fingerprint density at radius 1 is 1.00 bits per heavy atom. The molecule has 124 valence electrons. The monoisotopic (exact) mass is 339 g/mol. The van der Waals surface area contributed by atoms with E-state index in [1.54, 1.807) is 30.3 Å². The van der Waals surface area contributed by atoms with Gasteiger partial charge in [0.25, 0.3) is 0 Å². The molecule has 0 saturated carbocycles. The number of benzene rings is 2. The van der Waals surface area contributed by atoms with Gasteiger partial charge in [0.2, 0.25) is 11.9 Å². The molecule has 7 nitrogen and oxygen atoms in total. The van der Waals surface area contributed by atoms with Crippen molar-refractivity contribution >= 4 is 29.2 Å². The van der Waals surface area contributed by atoms with Crippen LogP contribution in [0, 0.1) is 22.7 Å². The number of nitrogens with one attached hydrogen (secondary N) is 1. The highest BCUT2D eigenvalue weighted by Crippen LogP contribution is 2.19. The summed E-state index contributed by atoms with van der Waals surface area (Å²) in [4.78, 5) is 12.4. The van der Waals surface area contributed by atoms with Gasteiger partial charge < -0.3 is 11.1 Å². The third-order valence-electron chi connectivity index (χ3n) is 3.37. The van der Waals surface area contributed by atoms with Gasteiger partial charge in [-0.3, -0.25) is 0 Å². The van der Waals surface area contributed by atoms with Crippen LogP contribution < -0.4 is 11.1 Å². The van der Waals surface area contributed by atoms with E-state index in [0.717, 1.165) is 5.69 Å². The molecule has 0 aliphatic heterocycles. The maximum absolute atomic E-state index is 9.49. The van der Waals surface area contributed by atoms with E-state index in [0.29, 0.717) is 11.1 Å². The maximum atomic E-state index is 9.49. The molecule has 3 aromatic rings. The molecule has 7 heteroatoms. The molecule has 0 spiro atoms. The first-order chi connectivity index (χ1) is 12.7. The Morgan fingerprint density at radius 2 is 1.81 bits per heavy atom. The van der Waals surface area contributed by atoms with E-state index in [4.69, 9.17) is 11.0 Å². The normalized spacial score (nSPS) is 10.6. The van der Waals surface area contributed by atoms with Gasteiger partial charge >= 0.3 is 0 Å². The minimum absolute atomic E-state index is 0.000330. The fraction of sp³-hybridized carbons (Fsp3) is 0. The van der Waals surface area contributed by atoms with Crippen LogP contribution in [0.2, 0.25) is 0 Å². The second-order valence-corrected chi connectivity index (χ2v) is 5.24. The molecule has 0 aliphatic carbocycles. The zero-order valence-corrected chi connectivity index (χ0v) is 13.6. The quantitative estimate of drug-likeness (QED) is 0.699. The van der Waals surface area contributed by atoms with Crippen molar-refractivity contribution in [2.24, 2.45) is 0 Å². The van der Waals surface area contributed by atoms with Crippen molar-refractivity contribution in [2.75, 3.05) is 11.1 Å². The van der Waals surface area contributed by atoms with E-state index >= 15 is 0 Å². The molecule has 3 rings (SSSR count). The Labute approximate surface area is 150 Å². The van der Waals surface area contributed by atoms with Crippen LogP contribution in [0.15, 0.2) is 54.6 Å². The molecule has 0 aliphatic rings. The number of nitrogens with two attached hydrogens (primary N) is 1. The molecule has 0 bridgehead atoms. The summed E-state index contributed by atoms with van der Waals surface area (Å²) in [5.41, 5.74) is 7.95. The molecule has 1 heterocycles. The van der Waals surface area contributed by atoms with Gasteiger partial charge in [-0.05, 0) is 35.9 Å². The molecule has 0 atom stereocenters. The Kier molecular flexibility index (Phi) is 4.83. The van der Waals surface area contributed by atoms with E-state index in [9.17, 15) is 5.26 Å². The number of hydrogen-bond acceptors (Lipinski definition) is 7. The molecule has 0 unspecified atom stereocenters. The summed E-state index contributed by atoms with van der Waals surface area (Å²) in [7, 11) is 0. The van der Waals surface area contributed by atoms with Crippen LogP contribution in [0.3, 0.4) is 0 Å². The number of rotatable bonds is 4. The minimum atomic E-state index is 0.000330. The van der Waals surface area contributed by atoms with Gasteiger partial charge in [-0.25, -0.2) is 0 Å². The molecular formula is C19H13N7. The van der Waals surface area contributed by atoms with Gasteiger partial charge in [0.05, 0.1) is 17.2 Å². The highest BCUT2D eigenvalue weighted by Gasteiger charge is 2.10. The lowest BCUT2D eigenvalue weighted by Gasteiger charge is -2.07. The lowest BCUT2D eigenvalue weighted by Crippen LogP contribution is -2.06. The predicted molar refractivity (Wildman–Crippen MR) is 98.6 cm³/mol. The smallest absolute Gasteiger partial charge is 0.232 e. The average molecular weight is 339 g/mol. The maximum Gasteiger partial charge on any atom is 0.232 e. The Balaban J connectivity index is 1.97. The van der Waals surface area contributed by atoms with Crippen molar-refractivity contribution in [3.05, 3.63) is 71.5 Å². The molecule has 0 fully saturated rings. The van der Waals surface area contributed by atoms with Crippen LogP contribution in [-0.4, -0.2) is 15.0 Å². The third-order valence-corrected chi connectivity index (χ3v) is 3.37. The Bertz CT molecular complexity index is 1040. The number of nitrogens with zero attached hydrogens (tertiary/aromatic N) is 5. The predicted octanol–water partition coefficient (Wildman–Crippen LogP) is 3.13.